The van der Waals surface area contributed by atoms with Crippen molar-refractivity contribution in [1.29, 1.82) is 0 Å². The Balaban J connectivity index is 1.14. The van der Waals surface area contributed by atoms with E-state index in [2.05, 4.69) is 124 Å². The van der Waals surface area contributed by atoms with Crippen molar-refractivity contribution in [2.45, 2.75) is 0 Å². The first kappa shape index (κ1) is 32.6. The van der Waals surface area contributed by atoms with Gasteiger partial charge in [-0.05, 0) is 53.2 Å². The van der Waals surface area contributed by atoms with Gasteiger partial charge in [0.15, 0.2) is 17.5 Å². The summed E-state index contributed by atoms with van der Waals surface area (Å²) in [6.45, 7) is 0. The van der Waals surface area contributed by atoms with Gasteiger partial charge in [0.2, 0.25) is 0 Å². The van der Waals surface area contributed by atoms with Crippen molar-refractivity contribution in [3.05, 3.63) is 188 Å². The van der Waals surface area contributed by atoms with Crippen molar-refractivity contribution in [3.63, 3.8) is 0 Å². The van der Waals surface area contributed by atoms with E-state index in [1.807, 2.05) is 72.8 Å². The number of para-hydroxylation sites is 3. The second-order valence-corrected chi connectivity index (χ2v) is 16.0. The number of nitrogens with zero attached hydrogens (tertiary/aromatic N) is 5. The third-order valence-corrected chi connectivity index (χ3v) is 12.7. The van der Waals surface area contributed by atoms with Gasteiger partial charge in [0.25, 0.3) is 0 Å². The summed E-state index contributed by atoms with van der Waals surface area (Å²) in [6, 6.07) is 66.6. The van der Waals surface area contributed by atoms with E-state index in [0.717, 1.165) is 55.3 Å². The molecule has 14 rings (SSSR count). The van der Waals surface area contributed by atoms with Crippen LogP contribution in [0.3, 0.4) is 0 Å². The van der Waals surface area contributed by atoms with Crippen LogP contribution in [-0.4, -0.2) is 23.9 Å². The summed E-state index contributed by atoms with van der Waals surface area (Å²) in [5, 5.41) is 11.9. The molecule has 0 saturated heterocycles. The SMILES string of the molecule is c1ccc(-c2nc(-c3ccccc3)nc(-c3cc(-n4c5cc6c(cc5c5c7ccccc7ccc54)c4cccc5c7ccccc7n6c54)cc4c3oc3ccccc34)n2)cc1. The van der Waals surface area contributed by atoms with Crippen LogP contribution < -0.4 is 0 Å². The molecule has 0 spiro atoms. The molecule has 0 amide bonds. The van der Waals surface area contributed by atoms with Gasteiger partial charge < -0.3 is 13.4 Å². The van der Waals surface area contributed by atoms with Crippen molar-refractivity contribution >= 4 is 92.6 Å². The maximum absolute atomic E-state index is 6.78. The van der Waals surface area contributed by atoms with E-state index in [-0.39, 0.29) is 0 Å². The molecule has 0 atom stereocenters. The zero-order valence-electron chi connectivity index (χ0n) is 32.5. The van der Waals surface area contributed by atoms with Crippen molar-refractivity contribution < 1.29 is 4.42 Å². The van der Waals surface area contributed by atoms with E-state index >= 15 is 0 Å². The lowest BCUT2D eigenvalue weighted by Crippen LogP contribution is -2.01. The summed E-state index contributed by atoms with van der Waals surface area (Å²) in [6.07, 6.45) is 0. The topological polar surface area (TPSA) is 61.2 Å². The molecule has 0 bridgehead atoms. The third-order valence-electron chi connectivity index (χ3n) is 12.7. The summed E-state index contributed by atoms with van der Waals surface area (Å²) in [4.78, 5) is 15.5. The van der Waals surface area contributed by atoms with E-state index in [0.29, 0.717) is 17.5 Å². The highest BCUT2D eigenvalue weighted by atomic mass is 16.3. The van der Waals surface area contributed by atoms with Crippen LogP contribution in [-0.2, 0) is 0 Å². The van der Waals surface area contributed by atoms with Gasteiger partial charge in [-0.15, -0.1) is 0 Å². The minimum absolute atomic E-state index is 0.544. The Hall–Kier alpha value is -8.35. The maximum atomic E-state index is 6.78. The van der Waals surface area contributed by atoms with E-state index in [1.165, 1.54) is 59.6 Å². The molecule has 0 aliphatic heterocycles. The first-order chi connectivity index (χ1) is 30.2. The van der Waals surface area contributed by atoms with Crippen LogP contribution in [0.4, 0.5) is 0 Å². The number of benzene rings is 9. The van der Waals surface area contributed by atoms with Crippen molar-refractivity contribution in [2.75, 3.05) is 0 Å². The summed E-state index contributed by atoms with van der Waals surface area (Å²) < 4.78 is 11.7. The Morgan fingerprint density at radius 3 is 1.80 bits per heavy atom. The molecule has 0 unspecified atom stereocenters. The number of rotatable bonds is 4. The zero-order chi connectivity index (χ0) is 39.8. The summed E-state index contributed by atoms with van der Waals surface area (Å²) in [7, 11) is 0. The van der Waals surface area contributed by atoms with Gasteiger partial charge >= 0.3 is 0 Å². The van der Waals surface area contributed by atoms with E-state index in [4.69, 9.17) is 19.4 Å². The highest BCUT2D eigenvalue weighted by Crippen LogP contribution is 2.45. The lowest BCUT2D eigenvalue weighted by molar-refractivity contribution is 0.669. The van der Waals surface area contributed by atoms with Gasteiger partial charge in [0.1, 0.15) is 11.2 Å². The average molecular weight is 778 g/mol. The minimum atomic E-state index is 0.544. The molecular formula is C55H31N5O. The fraction of sp³-hybridized carbons (Fsp3) is 0. The van der Waals surface area contributed by atoms with Gasteiger partial charge in [0.05, 0.1) is 33.1 Å². The molecule has 0 radical (unpaired) electrons. The van der Waals surface area contributed by atoms with Crippen LogP contribution in [0.15, 0.2) is 192 Å². The van der Waals surface area contributed by atoms with Crippen LogP contribution in [0.1, 0.15) is 0 Å². The Morgan fingerprint density at radius 1 is 0.377 bits per heavy atom. The molecule has 6 nitrogen and oxygen atoms in total. The molecule has 0 fully saturated rings. The standard InChI is InChI=1S/C55H31N5O/c1-3-15-33(16-4-1)53-56-54(34-17-5-2-6-18-34)58-55(57-53)44-29-35(28-42-38-21-10-12-25-49(38)61-52(42)44)59-46-27-26-32-14-7-8-19-36(32)50(46)43-30-41-40-23-13-22-39-37-20-9-11-24-45(37)60(51(39)40)47(41)31-48(43)59/h1-31H. The van der Waals surface area contributed by atoms with Crippen molar-refractivity contribution in [1.82, 2.24) is 23.9 Å². The van der Waals surface area contributed by atoms with Gasteiger partial charge in [-0.2, -0.15) is 0 Å². The fourth-order valence-electron chi connectivity index (χ4n) is 10.0. The molecule has 6 heteroatoms. The van der Waals surface area contributed by atoms with Gasteiger partial charge in [0, 0.05) is 59.9 Å². The molecule has 0 N–H and O–H groups in total. The molecule has 0 saturated carbocycles. The van der Waals surface area contributed by atoms with Gasteiger partial charge in [-0.3, -0.25) is 0 Å². The molecule has 0 aliphatic carbocycles. The minimum Gasteiger partial charge on any atom is -0.455 e. The van der Waals surface area contributed by atoms with Gasteiger partial charge in [-0.25, -0.2) is 15.0 Å². The Bertz CT molecular complexity index is 4050. The first-order valence-corrected chi connectivity index (χ1v) is 20.6. The highest BCUT2D eigenvalue weighted by Gasteiger charge is 2.24. The van der Waals surface area contributed by atoms with Crippen LogP contribution in [0, 0.1) is 0 Å². The molecule has 9 aromatic carbocycles. The lowest BCUT2D eigenvalue weighted by atomic mass is 10.0. The van der Waals surface area contributed by atoms with Gasteiger partial charge in [-0.1, -0.05) is 146 Å². The molecule has 61 heavy (non-hydrogen) atoms. The summed E-state index contributed by atoms with van der Waals surface area (Å²) in [5.41, 5.74) is 11.1. The van der Waals surface area contributed by atoms with Crippen molar-refractivity contribution in [3.8, 4) is 39.9 Å². The zero-order valence-corrected chi connectivity index (χ0v) is 32.5. The Morgan fingerprint density at radius 2 is 1.02 bits per heavy atom. The number of hydrogen-bond acceptors (Lipinski definition) is 4. The largest absolute Gasteiger partial charge is 0.455 e. The molecule has 5 aromatic heterocycles. The number of hydrogen-bond donors (Lipinski definition) is 0. The fourth-order valence-corrected chi connectivity index (χ4v) is 10.0. The third kappa shape index (κ3) is 4.53. The molecule has 5 heterocycles. The Labute approximate surface area is 347 Å². The summed E-state index contributed by atoms with van der Waals surface area (Å²) in [5.74, 6) is 1.74. The van der Waals surface area contributed by atoms with E-state index in [9.17, 15) is 0 Å². The predicted molar refractivity (Wildman–Crippen MR) is 250 cm³/mol. The van der Waals surface area contributed by atoms with E-state index in [1.54, 1.807) is 0 Å². The van der Waals surface area contributed by atoms with Crippen molar-refractivity contribution in [2.24, 2.45) is 0 Å². The molecular weight excluding hydrogens is 747 g/mol. The lowest BCUT2D eigenvalue weighted by Gasteiger charge is -2.13. The quantitative estimate of drug-likeness (QED) is 0.179. The molecule has 0 aliphatic rings. The monoisotopic (exact) mass is 777 g/mol. The maximum Gasteiger partial charge on any atom is 0.167 e. The van der Waals surface area contributed by atoms with Crippen LogP contribution in [0.2, 0.25) is 0 Å². The number of aromatic nitrogens is 5. The normalized spacial score (nSPS) is 12.3. The van der Waals surface area contributed by atoms with Crippen LogP contribution in [0.25, 0.3) is 132 Å². The van der Waals surface area contributed by atoms with Crippen LogP contribution in [0.5, 0.6) is 0 Å². The highest BCUT2D eigenvalue weighted by molar-refractivity contribution is 6.28. The number of furan rings is 1. The predicted octanol–water partition coefficient (Wildman–Crippen LogP) is 14.2. The smallest absolute Gasteiger partial charge is 0.167 e. The number of fused-ring (bicyclic) bond motifs is 14. The molecule has 14 aromatic rings. The first-order valence-electron chi connectivity index (χ1n) is 20.6. The average Bonchev–Trinajstić information content (AvgIpc) is 4.07. The second-order valence-electron chi connectivity index (χ2n) is 16.0. The summed E-state index contributed by atoms with van der Waals surface area (Å²) >= 11 is 0. The second kappa shape index (κ2) is 12.1. The molecule has 282 valence electrons. The van der Waals surface area contributed by atoms with E-state index < -0.39 is 0 Å². The van der Waals surface area contributed by atoms with Crippen LogP contribution >= 0.6 is 0 Å². The Kier molecular flexibility index (Phi) is 6.46.